The van der Waals surface area contributed by atoms with Crippen molar-refractivity contribution in [3.63, 3.8) is 0 Å². The number of hydrogen-bond acceptors (Lipinski definition) is 6. The smallest absolute Gasteiger partial charge is 0.279 e. The minimum absolute atomic E-state index is 0.111. The molecule has 124 valence electrons. The molecule has 24 heavy (non-hydrogen) atoms. The van der Waals surface area contributed by atoms with Crippen LogP contribution in [0.3, 0.4) is 0 Å². The van der Waals surface area contributed by atoms with Crippen LogP contribution in [0.1, 0.15) is 41.0 Å². The van der Waals surface area contributed by atoms with Gasteiger partial charge in [0, 0.05) is 5.92 Å². The Bertz CT molecular complexity index is 888. The number of anilines is 1. The van der Waals surface area contributed by atoms with E-state index in [1.807, 2.05) is 13.8 Å². The molecule has 0 radical (unpaired) electrons. The van der Waals surface area contributed by atoms with Gasteiger partial charge < -0.3 is 0 Å². The lowest BCUT2D eigenvalue weighted by atomic mass is 10.2. The van der Waals surface area contributed by atoms with Crippen molar-refractivity contribution in [1.29, 1.82) is 0 Å². The zero-order valence-corrected chi connectivity index (χ0v) is 14.1. The molecular formula is C15H15FN6OS. The Morgan fingerprint density at radius 2 is 2.00 bits per heavy atom. The van der Waals surface area contributed by atoms with Crippen LogP contribution in [0, 0.1) is 12.7 Å². The first-order valence-electron chi connectivity index (χ1n) is 7.29. The number of aromatic nitrogens is 5. The van der Waals surface area contributed by atoms with Gasteiger partial charge in [0.25, 0.3) is 5.91 Å². The fourth-order valence-electron chi connectivity index (χ4n) is 2.07. The zero-order chi connectivity index (χ0) is 17.3. The van der Waals surface area contributed by atoms with Gasteiger partial charge in [-0.1, -0.05) is 42.5 Å². The molecule has 0 fully saturated rings. The molecule has 1 aromatic carbocycles. The minimum Gasteiger partial charge on any atom is -0.295 e. The van der Waals surface area contributed by atoms with Crippen molar-refractivity contribution in [2.45, 2.75) is 26.7 Å². The quantitative estimate of drug-likeness (QED) is 0.785. The molecule has 1 amide bonds. The molecule has 3 rings (SSSR count). The van der Waals surface area contributed by atoms with Crippen LogP contribution < -0.4 is 5.32 Å². The fraction of sp³-hybridized carbons (Fsp3) is 0.267. The predicted molar refractivity (Wildman–Crippen MR) is 88.0 cm³/mol. The number of benzene rings is 1. The number of para-hydroxylation sites is 1. The maximum atomic E-state index is 13.9. The Balaban J connectivity index is 1.85. The highest BCUT2D eigenvalue weighted by molar-refractivity contribution is 7.15. The third-order valence-corrected chi connectivity index (χ3v) is 4.48. The van der Waals surface area contributed by atoms with Gasteiger partial charge in [0.1, 0.15) is 16.5 Å². The van der Waals surface area contributed by atoms with Crippen LogP contribution in [0.4, 0.5) is 9.52 Å². The molecule has 0 unspecified atom stereocenters. The number of rotatable bonds is 4. The summed E-state index contributed by atoms with van der Waals surface area (Å²) in [6, 6.07) is 6.16. The molecule has 0 spiro atoms. The number of amides is 1. The number of hydrogen-bond donors (Lipinski definition) is 1. The third-order valence-electron chi connectivity index (χ3n) is 3.35. The van der Waals surface area contributed by atoms with Crippen molar-refractivity contribution in [2.75, 3.05) is 5.32 Å². The molecule has 7 nitrogen and oxygen atoms in total. The lowest BCUT2D eigenvalue weighted by Gasteiger charge is -2.04. The van der Waals surface area contributed by atoms with E-state index in [4.69, 9.17) is 0 Å². The normalized spacial score (nSPS) is 11.0. The summed E-state index contributed by atoms with van der Waals surface area (Å²) in [7, 11) is 0. The van der Waals surface area contributed by atoms with E-state index in [0.29, 0.717) is 10.8 Å². The molecule has 0 aliphatic rings. The van der Waals surface area contributed by atoms with E-state index < -0.39 is 11.7 Å². The molecule has 0 aliphatic carbocycles. The molecule has 0 aliphatic heterocycles. The van der Waals surface area contributed by atoms with Gasteiger partial charge in [0.05, 0.1) is 5.69 Å². The molecule has 2 heterocycles. The largest absolute Gasteiger partial charge is 0.295 e. The number of halogens is 1. The van der Waals surface area contributed by atoms with Gasteiger partial charge in [0.15, 0.2) is 5.69 Å². The molecule has 0 atom stereocenters. The first-order chi connectivity index (χ1) is 11.5. The average molecular weight is 346 g/mol. The van der Waals surface area contributed by atoms with Gasteiger partial charge in [-0.3, -0.25) is 10.1 Å². The van der Waals surface area contributed by atoms with Crippen molar-refractivity contribution < 1.29 is 9.18 Å². The van der Waals surface area contributed by atoms with E-state index in [1.165, 1.54) is 22.1 Å². The van der Waals surface area contributed by atoms with Crippen LogP contribution in [-0.2, 0) is 0 Å². The predicted octanol–water partition coefficient (Wildman–Crippen LogP) is 2.94. The Labute approximate surface area is 141 Å². The lowest BCUT2D eigenvalue weighted by Crippen LogP contribution is -2.14. The maximum Gasteiger partial charge on any atom is 0.279 e. The average Bonchev–Trinajstić information content (AvgIpc) is 3.15. The zero-order valence-electron chi connectivity index (χ0n) is 13.3. The van der Waals surface area contributed by atoms with Crippen LogP contribution in [0.2, 0.25) is 0 Å². The SMILES string of the molecule is Cc1c(C(=O)Nc2nnc(C(C)C)s2)nnn1-c1ccccc1F. The second-order valence-corrected chi connectivity index (χ2v) is 6.45. The van der Waals surface area contributed by atoms with E-state index in [1.54, 1.807) is 25.1 Å². The first kappa shape index (κ1) is 16.2. The molecule has 3 aromatic rings. The second kappa shape index (κ2) is 6.44. The Kier molecular flexibility index (Phi) is 4.34. The summed E-state index contributed by atoms with van der Waals surface area (Å²) in [6.07, 6.45) is 0. The van der Waals surface area contributed by atoms with Crippen molar-refractivity contribution >= 4 is 22.4 Å². The van der Waals surface area contributed by atoms with Gasteiger partial charge in [-0.2, -0.15) is 0 Å². The van der Waals surface area contributed by atoms with Crippen molar-refractivity contribution in [3.8, 4) is 5.69 Å². The molecule has 0 saturated heterocycles. The molecule has 0 saturated carbocycles. The summed E-state index contributed by atoms with van der Waals surface area (Å²) in [6.45, 7) is 5.65. The molecular weight excluding hydrogens is 331 g/mol. The van der Waals surface area contributed by atoms with Crippen molar-refractivity contribution in [2.24, 2.45) is 0 Å². The van der Waals surface area contributed by atoms with E-state index in [2.05, 4.69) is 25.8 Å². The number of carbonyl (C=O) groups excluding carboxylic acids is 1. The lowest BCUT2D eigenvalue weighted by molar-refractivity contribution is 0.102. The van der Waals surface area contributed by atoms with Crippen LogP contribution in [0.15, 0.2) is 24.3 Å². The van der Waals surface area contributed by atoms with Crippen LogP contribution in [0.5, 0.6) is 0 Å². The summed E-state index contributed by atoms with van der Waals surface area (Å²) in [5.74, 6) is -0.665. The molecule has 9 heteroatoms. The number of nitrogens with one attached hydrogen (secondary N) is 1. The highest BCUT2D eigenvalue weighted by Gasteiger charge is 2.20. The molecule has 0 bridgehead atoms. The highest BCUT2D eigenvalue weighted by Crippen LogP contribution is 2.23. The summed E-state index contributed by atoms with van der Waals surface area (Å²) in [4.78, 5) is 12.4. The first-order valence-corrected chi connectivity index (χ1v) is 8.11. The molecule has 2 aromatic heterocycles. The van der Waals surface area contributed by atoms with Gasteiger partial charge in [-0.25, -0.2) is 9.07 Å². The Hall–Kier alpha value is -2.68. The fourth-order valence-corrected chi connectivity index (χ4v) is 2.81. The van der Waals surface area contributed by atoms with E-state index in [-0.39, 0.29) is 17.3 Å². The minimum atomic E-state index is -0.457. The summed E-state index contributed by atoms with van der Waals surface area (Å²) in [5, 5.41) is 19.6. The number of carbonyl (C=O) groups is 1. The number of nitrogens with zero attached hydrogens (tertiary/aromatic N) is 5. The maximum absolute atomic E-state index is 13.9. The second-order valence-electron chi connectivity index (χ2n) is 5.44. The van der Waals surface area contributed by atoms with Crippen LogP contribution in [0.25, 0.3) is 5.69 Å². The summed E-state index contributed by atoms with van der Waals surface area (Å²) < 4.78 is 15.2. The Morgan fingerprint density at radius 3 is 2.67 bits per heavy atom. The van der Waals surface area contributed by atoms with E-state index >= 15 is 0 Å². The highest BCUT2D eigenvalue weighted by atomic mass is 32.1. The van der Waals surface area contributed by atoms with Crippen LogP contribution >= 0.6 is 11.3 Å². The summed E-state index contributed by atoms with van der Waals surface area (Å²) >= 11 is 1.31. The van der Waals surface area contributed by atoms with Crippen LogP contribution in [-0.4, -0.2) is 31.1 Å². The van der Waals surface area contributed by atoms with E-state index in [0.717, 1.165) is 5.01 Å². The third kappa shape index (κ3) is 3.02. The standard InChI is InChI=1S/C15H15FN6OS/c1-8(2)14-19-20-15(24-14)17-13(23)12-9(3)22(21-18-12)11-7-5-4-6-10(11)16/h4-8H,1-3H3,(H,17,20,23). The Morgan fingerprint density at radius 1 is 1.25 bits per heavy atom. The molecule has 1 N–H and O–H groups in total. The van der Waals surface area contributed by atoms with Gasteiger partial charge in [-0.15, -0.1) is 15.3 Å². The van der Waals surface area contributed by atoms with Crippen molar-refractivity contribution in [1.82, 2.24) is 25.2 Å². The van der Waals surface area contributed by atoms with Gasteiger partial charge in [0.2, 0.25) is 5.13 Å². The summed E-state index contributed by atoms with van der Waals surface area (Å²) in [5.41, 5.74) is 0.783. The van der Waals surface area contributed by atoms with E-state index in [9.17, 15) is 9.18 Å². The van der Waals surface area contributed by atoms with Crippen molar-refractivity contribution in [3.05, 3.63) is 46.5 Å². The van der Waals surface area contributed by atoms with Gasteiger partial charge >= 0.3 is 0 Å². The topological polar surface area (TPSA) is 85.6 Å². The monoisotopic (exact) mass is 346 g/mol. The van der Waals surface area contributed by atoms with Gasteiger partial charge in [-0.05, 0) is 19.1 Å².